The van der Waals surface area contributed by atoms with Crippen molar-refractivity contribution in [2.24, 2.45) is 5.92 Å². The number of benzene rings is 1. The summed E-state index contributed by atoms with van der Waals surface area (Å²) in [5.41, 5.74) is 2.57. The van der Waals surface area contributed by atoms with Gasteiger partial charge in [0.15, 0.2) is 0 Å². The van der Waals surface area contributed by atoms with Gasteiger partial charge in [-0.15, -0.1) is 0 Å². The van der Waals surface area contributed by atoms with Gasteiger partial charge in [-0.3, -0.25) is 4.79 Å². The van der Waals surface area contributed by atoms with Crippen LogP contribution in [-0.4, -0.2) is 20.7 Å². The van der Waals surface area contributed by atoms with Gasteiger partial charge in [-0.25, -0.2) is 0 Å². The summed E-state index contributed by atoms with van der Waals surface area (Å²) >= 11 is 0. The second-order valence-corrected chi connectivity index (χ2v) is 11.8. The number of hydrogen-bond donors (Lipinski definition) is 0. The lowest BCUT2D eigenvalue weighted by Gasteiger charge is -2.39. The molecule has 108 valence electrons. The molecule has 0 aromatic heterocycles. The molecule has 1 aliphatic carbocycles. The summed E-state index contributed by atoms with van der Waals surface area (Å²) in [5, 5.41) is 1.48. The van der Waals surface area contributed by atoms with Gasteiger partial charge in [0.2, 0.25) is 0 Å². The van der Waals surface area contributed by atoms with Gasteiger partial charge < -0.3 is 4.74 Å². The first-order chi connectivity index (χ1) is 9.29. The van der Waals surface area contributed by atoms with Gasteiger partial charge in [-0.05, 0) is 17.9 Å². The van der Waals surface area contributed by atoms with Crippen LogP contribution in [0.15, 0.2) is 36.4 Å². The number of hydrogen-bond acceptors (Lipinski definition) is 2. The Labute approximate surface area is 122 Å². The highest BCUT2D eigenvalue weighted by atomic mass is 28.3. The van der Waals surface area contributed by atoms with E-state index in [1.54, 1.807) is 0 Å². The Bertz CT molecular complexity index is 528. The van der Waals surface area contributed by atoms with Gasteiger partial charge >= 0.3 is 5.97 Å². The molecule has 1 saturated carbocycles. The van der Waals surface area contributed by atoms with Gasteiger partial charge in [-0.1, -0.05) is 61.2 Å². The Morgan fingerprint density at radius 2 is 2.10 bits per heavy atom. The highest BCUT2D eigenvalue weighted by Crippen LogP contribution is 2.46. The van der Waals surface area contributed by atoms with Crippen molar-refractivity contribution in [2.45, 2.75) is 38.9 Å². The zero-order chi connectivity index (χ0) is 14.9. The minimum Gasteiger partial charge on any atom is -0.465 e. The lowest BCUT2D eigenvalue weighted by molar-refractivity contribution is -0.142. The van der Waals surface area contributed by atoms with Crippen LogP contribution in [0.5, 0.6) is 0 Å². The van der Waals surface area contributed by atoms with Crippen molar-refractivity contribution in [1.29, 1.82) is 0 Å². The molecule has 2 atom stereocenters. The molecule has 1 aromatic carbocycles. The Morgan fingerprint density at radius 1 is 1.40 bits per heavy atom. The van der Waals surface area contributed by atoms with E-state index in [0.29, 0.717) is 12.5 Å². The highest BCUT2D eigenvalue weighted by Gasteiger charge is 2.36. The molecule has 2 rings (SSSR count). The Morgan fingerprint density at radius 3 is 2.65 bits per heavy atom. The Kier molecular flexibility index (Phi) is 4.19. The SMILES string of the molecule is C=C1C[C@H](c2cccc([Si](C)(C)C)c2)[C@H]1COC(C)=O. The van der Waals surface area contributed by atoms with Crippen LogP contribution in [0.3, 0.4) is 0 Å². The summed E-state index contributed by atoms with van der Waals surface area (Å²) in [4.78, 5) is 11.0. The molecule has 1 aromatic rings. The second-order valence-electron chi connectivity index (χ2n) is 6.75. The van der Waals surface area contributed by atoms with Crippen molar-refractivity contribution in [2.75, 3.05) is 6.61 Å². The van der Waals surface area contributed by atoms with Crippen LogP contribution in [-0.2, 0) is 9.53 Å². The van der Waals surface area contributed by atoms with Gasteiger partial charge in [0.25, 0.3) is 0 Å². The summed E-state index contributed by atoms with van der Waals surface area (Å²) in [6, 6.07) is 8.95. The van der Waals surface area contributed by atoms with Crippen molar-refractivity contribution in [3.8, 4) is 0 Å². The molecule has 0 heterocycles. The summed E-state index contributed by atoms with van der Waals surface area (Å²) < 4.78 is 5.17. The molecule has 3 heteroatoms. The minimum absolute atomic E-state index is 0.209. The molecule has 0 unspecified atom stereocenters. The first kappa shape index (κ1) is 15.0. The van der Waals surface area contributed by atoms with E-state index >= 15 is 0 Å². The molecule has 0 aliphatic heterocycles. The smallest absolute Gasteiger partial charge is 0.302 e. The van der Waals surface area contributed by atoms with E-state index in [1.165, 1.54) is 23.2 Å². The van der Waals surface area contributed by atoms with E-state index in [0.717, 1.165) is 6.42 Å². The average Bonchev–Trinajstić information content (AvgIpc) is 2.34. The summed E-state index contributed by atoms with van der Waals surface area (Å²) in [6.07, 6.45) is 1.01. The summed E-state index contributed by atoms with van der Waals surface area (Å²) in [5.74, 6) is 0.535. The van der Waals surface area contributed by atoms with E-state index in [-0.39, 0.29) is 11.9 Å². The molecule has 1 fully saturated rings. The zero-order valence-electron chi connectivity index (χ0n) is 12.9. The van der Waals surface area contributed by atoms with Crippen molar-refractivity contribution in [3.63, 3.8) is 0 Å². The van der Waals surface area contributed by atoms with Crippen LogP contribution >= 0.6 is 0 Å². The number of ether oxygens (including phenoxy) is 1. The van der Waals surface area contributed by atoms with Gasteiger partial charge in [0, 0.05) is 12.8 Å². The predicted octanol–water partition coefficient (Wildman–Crippen LogP) is 3.45. The fourth-order valence-corrected chi connectivity index (χ4v) is 3.92. The first-order valence-corrected chi connectivity index (χ1v) is 10.7. The molecule has 0 spiro atoms. The van der Waals surface area contributed by atoms with E-state index in [9.17, 15) is 4.79 Å². The third-order valence-corrected chi connectivity index (χ3v) is 6.18. The number of carbonyl (C=O) groups is 1. The van der Waals surface area contributed by atoms with E-state index < -0.39 is 8.07 Å². The normalized spacial score (nSPS) is 22.3. The van der Waals surface area contributed by atoms with Gasteiger partial charge in [-0.2, -0.15) is 0 Å². The molecule has 0 saturated heterocycles. The quantitative estimate of drug-likeness (QED) is 0.482. The summed E-state index contributed by atoms with van der Waals surface area (Å²) in [7, 11) is -1.28. The first-order valence-electron chi connectivity index (χ1n) is 7.20. The zero-order valence-corrected chi connectivity index (χ0v) is 13.9. The molecule has 1 aliphatic rings. The van der Waals surface area contributed by atoms with Crippen molar-refractivity contribution in [3.05, 3.63) is 42.0 Å². The number of esters is 1. The summed E-state index contributed by atoms with van der Waals surface area (Å²) in [6.45, 7) is 13.1. The molecule has 0 amide bonds. The third-order valence-electron chi connectivity index (χ3n) is 4.14. The van der Waals surface area contributed by atoms with Gasteiger partial charge in [0.05, 0.1) is 14.7 Å². The maximum atomic E-state index is 11.0. The van der Waals surface area contributed by atoms with Crippen LogP contribution in [0.25, 0.3) is 0 Å². The van der Waals surface area contributed by atoms with Crippen molar-refractivity contribution in [1.82, 2.24) is 0 Å². The van der Waals surface area contributed by atoms with Crippen LogP contribution in [0, 0.1) is 5.92 Å². The molecular formula is C17H24O2Si. The number of rotatable bonds is 4. The fourth-order valence-electron chi connectivity index (χ4n) is 2.73. The lowest BCUT2D eigenvalue weighted by atomic mass is 9.67. The largest absolute Gasteiger partial charge is 0.465 e. The number of carbonyl (C=O) groups excluding carboxylic acids is 1. The van der Waals surface area contributed by atoms with E-state index in [1.807, 2.05) is 0 Å². The molecule has 2 nitrogen and oxygen atoms in total. The van der Waals surface area contributed by atoms with Crippen molar-refractivity contribution < 1.29 is 9.53 Å². The van der Waals surface area contributed by atoms with Crippen LogP contribution in [0.2, 0.25) is 19.6 Å². The van der Waals surface area contributed by atoms with E-state index in [4.69, 9.17) is 4.74 Å². The average molecular weight is 288 g/mol. The topological polar surface area (TPSA) is 26.3 Å². The Hall–Kier alpha value is -1.35. The van der Waals surface area contributed by atoms with Crippen molar-refractivity contribution >= 4 is 19.2 Å². The monoisotopic (exact) mass is 288 g/mol. The maximum absolute atomic E-state index is 11.0. The second kappa shape index (κ2) is 5.56. The molecule has 0 radical (unpaired) electrons. The molecule has 20 heavy (non-hydrogen) atoms. The minimum atomic E-state index is -1.28. The van der Waals surface area contributed by atoms with Crippen LogP contribution < -0.4 is 5.19 Å². The molecule has 0 N–H and O–H groups in total. The standard InChI is InChI=1S/C17H24O2Si/c1-12-9-16(17(12)11-19-13(2)18)14-7-6-8-15(10-14)20(3,4)5/h6-8,10,16-17H,1,9,11H2,2-5H3/t16-,17+/m1/s1. The van der Waals surface area contributed by atoms with Gasteiger partial charge in [0.1, 0.15) is 0 Å². The maximum Gasteiger partial charge on any atom is 0.302 e. The highest BCUT2D eigenvalue weighted by molar-refractivity contribution is 6.88. The molecule has 0 bridgehead atoms. The third kappa shape index (κ3) is 3.21. The Balaban J connectivity index is 2.15. The predicted molar refractivity (Wildman–Crippen MR) is 86.0 cm³/mol. The lowest BCUT2D eigenvalue weighted by Crippen LogP contribution is -2.38. The molecular weight excluding hydrogens is 264 g/mol. The van der Waals surface area contributed by atoms with Crippen LogP contribution in [0.1, 0.15) is 24.8 Å². The van der Waals surface area contributed by atoms with E-state index in [2.05, 4.69) is 50.5 Å². The fraction of sp³-hybridized carbons (Fsp3) is 0.471. The van der Waals surface area contributed by atoms with Crippen LogP contribution in [0.4, 0.5) is 0 Å².